The molecule has 0 aliphatic carbocycles. The van der Waals surface area contributed by atoms with Crippen LogP contribution in [0.5, 0.6) is 0 Å². The maximum absolute atomic E-state index is 6.21. The van der Waals surface area contributed by atoms with E-state index in [4.69, 9.17) is 28.3 Å². The van der Waals surface area contributed by atoms with Crippen LogP contribution in [0.3, 0.4) is 0 Å². The van der Waals surface area contributed by atoms with Gasteiger partial charge in [0.05, 0.1) is 17.1 Å². The van der Waals surface area contributed by atoms with Gasteiger partial charge < -0.3 is 0 Å². The number of aromatic nitrogens is 2. The summed E-state index contributed by atoms with van der Waals surface area (Å²) in [5.74, 6) is 0. The van der Waals surface area contributed by atoms with Gasteiger partial charge in [-0.2, -0.15) is 5.10 Å². The minimum atomic E-state index is 0.689. The first-order chi connectivity index (χ1) is 12.6. The molecule has 0 aliphatic heterocycles. The SMILES string of the molecule is Clc1ccc(-n2nc(-c3ccccc3Br)cc2-c2cccc(Cl)c2)cc1. The number of nitrogens with zero attached hydrogens (tertiary/aromatic N) is 2. The summed E-state index contributed by atoms with van der Waals surface area (Å²) in [7, 11) is 0. The van der Waals surface area contributed by atoms with Gasteiger partial charge in [0.2, 0.25) is 0 Å². The highest BCUT2D eigenvalue weighted by Gasteiger charge is 2.15. The second-order valence-corrected chi connectivity index (χ2v) is 7.52. The first kappa shape index (κ1) is 17.3. The van der Waals surface area contributed by atoms with Crippen molar-refractivity contribution in [2.45, 2.75) is 0 Å². The number of hydrogen-bond donors (Lipinski definition) is 0. The second kappa shape index (κ2) is 7.28. The van der Waals surface area contributed by atoms with Crippen molar-refractivity contribution < 1.29 is 0 Å². The molecule has 0 unspecified atom stereocenters. The molecule has 0 saturated heterocycles. The average molecular weight is 444 g/mol. The number of rotatable bonds is 3. The van der Waals surface area contributed by atoms with Crippen LogP contribution in [-0.4, -0.2) is 9.78 Å². The molecule has 5 heteroatoms. The third-order valence-corrected chi connectivity index (χ3v) is 5.23. The smallest absolute Gasteiger partial charge is 0.0945 e. The number of halogens is 3. The predicted octanol–water partition coefficient (Wildman–Crippen LogP) is 7.28. The van der Waals surface area contributed by atoms with Gasteiger partial charge in [-0.25, -0.2) is 4.68 Å². The Hall–Kier alpha value is -2.07. The number of hydrogen-bond acceptors (Lipinski definition) is 1. The summed E-state index contributed by atoms with van der Waals surface area (Å²) in [6, 6.07) is 25.5. The Labute approximate surface area is 170 Å². The van der Waals surface area contributed by atoms with Gasteiger partial charge in [0.1, 0.15) is 0 Å². The summed E-state index contributed by atoms with van der Waals surface area (Å²) < 4.78 is 2.91. The Morgan fingerprint density at radius 1 is 0.769 bits per heavy atom. The van der Waals surface area contributed by atoms with Crippen molar-refractivity contribution in [2.75, 3.05) is 0 Å². The molecule has 0 bridgehead atoms. The lowest BCUT2D eigenvalue weighted by Gasteiger charge is -2.08. The zero-order chi connectivity index (χ0) is 18.1. The largest absolute Gasteiger partial charge is 0.232 e. The van der Waals surface area contributed by atoms with Crippen molar-refractivity contribution >= 4 is 39.1 Å². The van der Waals surface area contributed by atoms with Gasteiger partial charge in [0.25, 0.3) is 0 Å². The van der Waals surface area contributed by atoms with Crippen LogP contribution in [0.2, 0.25) is 10.0 Å². The Morgan fingerprint density at radius 3 is 2.27 bits per heavy atom. The molecule has 0 spiro atoms. The minimum absolute atomic E-state index is 0.689. The number of benzene rings is 3. The Kier molecular flexibility index (Phi) is 4.86. The lowest BCUT2D eigenvalue weighted by atomic mass is 10.1. The van der Waals surface area contributed by atoms with Crippen molar-refractivity contribution in [3.8, 4) is 28.2 Å². The molecule has 0 N–H and O–H groups in total. The van der Waals surface area contributed by atoms with Crippen molar-refractivity contribution in [3.63, 3.8) is 0 Å². The van der Waals surface area contributed by atoms with E-state index in [-0.39, 0.29) is 0 Å². The summed E-state index contributed by atoms with van der Waals surface area (Å²) in [5.41, 5.74) is 4.80. The lowest BCUT2D eigenvalue weighted by molar-refractivity contribution is 0.892. The van der Waals surface area contributed by atoms with Gasteiger partial charge in [0, 0.05) is 25.6 Å². The summed E-state index contributed by atoms with van der Waals surface area (Å²) in [5, 5.41) is 6.23. The minimum Gasteiger partial charge on any atom is -0.232 e. The van der Waals surface area contributed by atoms with Crippen LogP contribution in [0.15, 0.2) is 83.3 Å². The van der Waals surface area contributed by atoms with Gasteiger partial charge in [-0.15, -0.1) is 0 Å². The van der Waals surface area contributed by atoms with Crippen LogP contribution < -0.4 is 0 Å². The monoisotopic (exact) mass is 442 g/mol. The van der Waals surface area contributed by atoms with Crippen molar-refractivity contribution in [1.82, 2.24) is 9.78 Å². The van der Waals surface area contributed by atoms with Gasteiger partial charge in [-0.1, -0.05) is 69.5 Å². The third-order valence-electron chi connectivity index (χ3n) is 4.05. The fourth-order valence-corrected chi connectivity index (χ4v) is 3.62. The first-order valence-electron chi connectivity index (χ1n) is 7.99. The Balaban J connectivity index is 1.93. The van der Waals surface area contributed by atoms with E-state index in [0.717, 1.165) is 32.7 Å². The average Bonchev–Trinajstić information content (AvgIpc) is 3.08. The van der Waals surface area contributed by atoms with Crippen molar-refractivity contribution in [3.05, 3.63) is 93.4 Å². The van der Waals surface area contributed by atoms with Gasteiger partial charge in [-0.05, 0) is 48.5 Å². The molecule has 26 heavy (non-hydrogen) atoms. The molecule has 1 aromatic heterocycles. The van der Waals surface area contributed by atoms with Crippen LogP contribution in [0.25, 0.3) is 28.2 Å². The summed E-state index contributed by atoms with van der Waals surface area (Å²) >= 11 is 15.9. The molecule has 0 radical (unpaired) electrons. The molecule has 0 aliphatic rings. The Bertz CT molecular complexity index is 1070. The molecule has 3 aromatic carbocycles. The van der Waals surface area contributed by atoms with Gasteiger partial charge in [-0.3, -0.25) is 0 Å². The van der Waals surface area contributed by atoms with E-state index in [1.54, 1.807) is 0 Å². The molecule has 0 amide bonds. The predicted molar refractivity (Wildman–Crippen MR) is 112 cm³/mol. The van der Waals surface area contributed by atoms with Gasteiger partial charge >= 0.3 is 0 Å². The topological polar surface area (TPSA) is 17.8 Å². The quantitative estimate of drug-likeness (QED) is 0.325. The van der Waals surface area contributed by atoms with Crippen LogP contribution in [-0.2, 0) is 0 Å². The fourth-order valence-electron chi connectivity index (χ4n) is 2.81. The van der Waals surface area contributed by atoms with Crippen LogP contribution in [0, 0.1) is 0 Å². The van der Waals surface area contributed by atoms with Crippen LogP contribution in [0.4, 0.5) is 0 Å². The maximum atomic E-state index is 6.21. The second-order valence-electron chi connectivity index (χ2n) is 5.79. The Morgan fingerprint density at radius 2 is 1.54 bits per heavy atom. The van der Waals surface area contributed by atoms with Gasteiger partial charge in [0.15, 0.2) is 0 Å². The molecule has 2 nitrogen and oxygen atoms in total. The van der Waals surface area contributed by atoms with E-state index in [1.807, 2.05) is 77.5 Å². The third kappa shape index (κ3) is 3.43. The standard InChI is InChI=1S/C21H13BrCl2N2/c22-19-7-2-1-6-18(19)20-13-21(14-4-3-5-16(24)12-14)26(25-20)17-10-8-15(23)9-11-17/h1-13H. The van der Waals surface area contributed by atoms with Crippen LogP contribution in [0.1, 0.15) is 0 Å². The van der Waals surface area contributed by atoms with E-state index in [2.05, 4.69) is 22.0 Å². The zero-order valence-corrected chi connectivity index (χ0v) is 16.6. The van der Waals surface area contributed by atoms with Crippen molar-refractivity contribution in [2.24, 2.45) is 0 Å². The van der Waals surface area contributed by atoms with E-state index >= 15 is 0 Å². The lowest BCUT2D eigenvalue weighted by Crippen LogP contribution is -1.99. The molecule has 0 saturated carbocycles. The molecule has 1 heterocycles. The molecule has 4 aromatic rings. The highest BCUT2D eigenvalue weighted by molar-refractivity contribution is 9.10. The van der Waals surface area contributed by atoms with E-state index < -0.39 is 0 Å². The first-order valence-corrected chi connectivity index (χ1v) is 9.53. The van der Waals surface area contributed by atoms with Crippen LogP contribution >= 0.6 is 39.1 Å². The van der Waals surface area contributed by atoms with E-state index in [1.165, 1.54) is 0 Å². The summed E-state index contributed by atoms with van der Waals surface area (Å²) in [6.07, 6.45) is 0. The normalized spacial score (nSPS) is 10.9. The zero-order valence-electron chi connectivity index (χ0n) is 13.5. The van der Waals surface area contributed by atoms with E-state index in [0.29, 0.717) is 10.0 Å². The molecule has 4 rings (SSSR count). The molecular formula is C21H13BrCl2N2. The van der Waals surface area contributed by atoms with Crippen molar-refractivity contribution in [1.29, 1.82) is 0 Å². The highest BCUT2D eigenvalue weighted by atomic mass is 79.9. The fraction of sp³-hybridized carbons (Fsp3) is 0. The molecule has 0 atom stereocenters. The highest BCUT2D eigenvalue weighted by Crippen LogP contribution is 2.33. The molecular weight excluding hydrogens is 431 g/mol. The molecule has 128 valence electrons. The maximum Gasteiger partial charge on any atom is 0.0945 e. The van der Waals surface area contributed by atoms with E-state index in [9.17, 15) is 0 Å². The summed E-state index contributed by atoms with van der Waals surface area (Å²) in [6.45, 7) is 0. The summed E-state index contributed by atoms with van der Waals surface area (Å²) in [4.78, 5) is 0. The molecule has 0 fully saturated rings.